The van der Waals surface area contributed by atoms with Gasteiger partial charge in [0.25, 0.3) is 0 Å². The molecule has 19 heavy (non-hydrogen) atoms. The molecule has 1 aromatic rings. The third kappa shape index (κ3) is 3.30. The van der Waals surface area contributed by atoms with E-state index < -0.39 is 22.7 Å². The van der Waals surface area contributed by atoms with Gasteiger partial charge in [0, 0.05) is 25.0 Å². The average Bonchev–Trinajstić information content (AvgIpc) is 2.75. The molecule has 1 unspecified atom stereocenters. The topological polar surface area (TPSA) is 69.6 Å². The van der Waals surface area contributed by atoms with E-state index in [4.69, 9.17) is 0 Å². The van der Waals surface area contributed by atoms with Gasteiger partial charge in [-0.2, -0.15) is 0 Å². The molecule has 1 heterocycles. The van der Waals surface area contributed by atoms with Crippen LogP contribution in [0.5, 0.6) is 0 Å². The summed E-state index contributed by atoms with van der Waals surface area (Å²) in [6.45, 7) is 0.762. The number of rotatable bonds is 2. The molecule has 1 fully saturated rings. The van der Waals surface area contributed by atoms with Crippen molar-refractivity contribution in [1.29, 1.82) is 0 Å². The molecule has 1 saturated heterocycles. The van der Waals surface area contributed by atoms with E-state index in [0.29, 0.717) is 18.7 Å². The Morgan fingerprint density at radius 2 is 2.32 bits per heavy atom. The average molecular weight is 286 g/mol. The number of carbonyl (C=O) groups is 1. The first kappa shape index (κ1) is 14.0. The number of nitrogens with one attached hydrogen (secondary N) is 1. The second-order valence-electron chi connectivity index (χ2n) is 4.42. The highest BCUT2D eigenvalue weighted by atomic mass is 32.2. The van der Waals surface area contributed by atoms with Gasteiger partial charge in [0.05, 0.1) is 21.8 Å². The van der Waals surface area contributed by atoms with Crippen LogP contribution in [0.2, 0.25) is 0 Å². The summed E-state index contributed by atoms with van der Waals surface area (Å²) in [5.41, 5.74) is 0.304. The first-order valence-electron chi connectivity index (χ1n) is 5.84. The second kappa shape index (κ2) is 5.66. The number of urea groups is 1. The monoisotopic (exact) mass is 286 g/mol. The van der Waals surface area contributed by atoms with Crippen molar-refractivity contribution in [3.8, 4) is 0 Å². The molecule has 0 radical (unpaired) electrons. The minimum atomic E-state index is -1.40. The Hall–Kier alpha value is -1.47. The van der Waals surface area contributed by atoms with Crippen LogP contribution in [0.3, 0.4) is 0 Å². The van der Waals surface area contributed by atoms with Crippen LogP contribution in [-0.2, 0) is 10.8 Å². The zero-order valence-electron chi connectivity index (χ0n) is 10.4. The standard InChI is InChI=1S/C12H15FN2O3S/c1-19(18)11-3-2-8(6-10(11)13)14-12(17)15-5-4-9(16)7-15/h2-3,6,9,16H,4-5,7H2,1H3,(H,14,17)/t9-,19?/m0/s1. The SMILES string of the molecule is CS(=O)c1ccc(NC(=O)N2CC[C@H](O)C2)cc1F. The van der Waals surface area contributed by atoms with Gasteiger partial charge in [-0.25, -0.2) is 9.18 Å². The maximum absolute atomic E-state index is 13.6. The largest absolute Gasteiger partial charge is 0.391 e. The zero-order valence-corrected chi connectivity index (χ0v) is 11.2. The fraction of sp³-hybridized carbons (Fsp3) is 0.417. The summed E-state index contributed by atoms with van der Waals surface area (Å²) in [6.07, 6.45) is 1.45. The van der Waals surface area contributed by atoms with Crippen molar-refractivity contribution in [1.82, 2.24) is 4.90 Å². The molecule has 1 aliphatic heterocycles. The number of hydrogen-bond donors (Lipinski definition) is 2. The van der Waals surface area contributed by atoms with E-state index in [1.807, 2.05) is 0 Å². The third-order valence-electron chi connectivity index (χ3n) is 2.94. The lowest BCUT2D eigenvalue weighted by Crippen LogP contribution is -2.33. The van der Waals surface area contributed by atoms with Crippen molar-refractivity contribution in [3.05, 3.63) is 24.0 Å². The van der Waals surface area contributed by atoms with Gasteiger partial charge >= 0.3 is 6.03 Å². The Labute approximate surface area is 112 Å². The van der Waals surface area contributed by atoms with Crippen LogP contribution in [0.4, 0.5) is 14.9 Å². The van der Waals surface area contributed by atoms with E-state index in [0.717, 1.165) is 6.07 Å². The minimum absolute atomic E-state index is 0.106. The molecule has 0 spiro atoms. The fourth-order valence-electron chi connectivity index (χ4n) is 1.94. The van der Waals surface area contributed by atoms with Gasteiger partial charge in [0.2, 0.25) is 0 Å². The lowest BCUT2D eigenvalue weighted by atomic mass is 10.3. The van der Waals surface area contributed by atoms with Crippen molar-refractivity contribution in [2.45, 2.75) is 17.4 Å². The molecule has 2 atom stereocenters. The lowest BCUT2D eigenvalue weighted by Gasteiger charge is -2.16. The number of nitrogens with zero attached hydrogens (tertiary/aromatic N) is 1. The number of aliphatic hydroxyl groups is 1. The smallest absolute Gasteiger partial charge is 0.321 e. The summed E-state index contributed by atoms with van der Waals surface area (Å²) < 4.78 is 24.8. The summed E-state index contributed by atoms with van der Waals surface area (Å²) in [6, 6.07) is 3.66. The number of likely N-dealkylation sites (tertiary alicyclic amines) is 1. The van der Waals surface area contributed by atoms with Crippen LogP contribution in [0.25, 0.3) is 0 Å². The van der Waals surface area contributed by atoms with E-state index in [1.165, 1.54) is 23.3 Å². The lowest BCUT2D eigenvalue weighted by molar-refractivity contribution is 0.176. The highest BCUT2D eigenvalue weighted by Gasteiger charge is 2.24. The molecule has 7 heteroatoms. The Kier molecular flexibility index (Phi) is 4.16. The molecular weight excluding hydrogens is 271 g/mol. The fourth-order valence-corrected chi connectivity index (χ4v) is 2.53. The molecule has 5 nitrogen and oxygen atoms in total. The van der Waals surface area contributed by atoms with Crippen molar-refractivity contribution >= 4 is 22.5 Å². The van der Waals surface area contributed by atoms with E-state index in [9.17, 15) is 18.5 Å². The summed E-state index contributed by atoms with van der Waals surface area (Å²) in [5.74, 6) is -0.611. The van der Waals surface area contributed by atoms with Crippen LogP contribution in [0.1, 0.15) is 6.42 Å². The van der Waals surface area contributed by atoms with Gasteiger partial charge in [-0.3, -0.25) is 4.21 Å². The highest BCUT2D eigenvalue weighted by Crippen LogP contribution is 2.18. The van der Waals surface area contributed by atoms with Crippen LogP contribution in [0, 0.1) is 5.82 Å². The van der Waals surface area contributed by atoms with Crippen molar-refractivity contribution < 1.29 is 18.5 Å². The minimum Gasteiger partial charge on any atom is -0.391 e. The van der Waals surface area contributed by atoms with Gasteiger partial charge in [-0.05, 0) is 24.6 Å². The molecular formula is C12H15FN2O3S. The van der Waals surface area contributed by atoms with Crippen LogP contribution in [0.15, 0.2) is 23.1 Å². The second-order valence-corrected chi connectivity index (χ2v) is 5.77. The summed E-state index contributed by atoms with van der Waals surface area (Å²) in [7, 11) is -1.40. The number of aliphatic hydroxyl groups excluding tert-OH is 1. The molecule has 2 rings (SSSR count). The van der Waals surface area contributed by atoms with Crippen molar-refractivity contribution in [2.24, 2.45) is 0 Å². The first-order chi connectivity index (χ1) is 8.97. The zero-order chi connectivity index (χ0) is 14.0. The van der Waals surface area contributed by atoms with Crippen LogP contribution in [-0.4, -0.2) is 45.7 Å². The molecule has 1 aromatic carbocycles. The van der Waals surface area contributed by atoms with Gasteiger partial charge in [0.15, 0.2) is 0 Å². The summed E-state index contributed by atoms with van der Waals surface area (Å²) >= 11 is 0. The summed E-state index contributed by atoms with van der Waals surface area (Å²) in [4.78, 5) is 13.4. The molecule has 0 bridgehead atoms. The third-order valence-corrected chi connectivity index (χ3v) is 3.89. The van der Waals surface area contributed by atoms with Crippen LogP contribution >= 0.6 is 0 Å². The maximum Gasteiger partial charge on any atom is 0.321 e. The molecule has 2 N–H and O–H groups in total. The Morgan fingerprint density at radius 1 is 1.58 bits per heavy atom. The number of hydrogen-bond acceptors (Lipinski definition) is 3. The van der Waals surface area contributed by atoms with E-state index >= 15 is 0 Å². The van der Waals surface area contributed by atoms with Crippen LogP contribution < -0.4 is 5.32 Å². The Morgan fingerprint density at radius 3 is 2.84 bits per heavy atom. The number of β-amino-alcohol motifs (C(OH)–C–C–N with tert-alkyl or cyclic N) is 1. The molecule has 1 aliphatic rings. The first-order valence-corrected chi connectivity index (χ1v) is 7.40. The quantitative estimate of drug-likeness (QED) is 0.857. The Balaban J connectivity index is 2.05. The number of benzene rings is 1. The van der Waals surface area contributed by atoms with Crippen molar-refractivity contribution in [3.63, 3.8) is 0 Å². The molecule has 2 amide bonds. The number of halogens is 1. The number of anilines is 1. The van der Waals surface area contributed by atoms with E-state index in [1.54, 1.807) is 0 Å². The van der Waals surface area contributed by atoms with E-state index in [2.05, 4.69) is 5.32 Å². The van der Waals surface area contributed by atoms with E-state index in [-0.39, 0.29) is 17.5 Å². The van der Waals surface area contributed by atoms with Gasteiger partial charge < -0.3 is 15.3 Å². The maximum atomic E-state index is 13.6. The Bertz CT molecular complexity index is 524. The predicted molar refractivity (Wildman–Crippen MR) is 69.9 cm³/mol. The van der Waals surface area contributed by atoms with Crippen molar-refractivity contribution in [2.75, 3.05) is 24.7 Å². The molecule has 0 saturated carbocycles. The highest BCUT2D eigenvalue weighted by molar-refractivity contribution is 7.84. The normalized spacial score (nSPS) is 20.4. The number of amides is 2. The van der Waals surface area contributed by atoms with Gasteiger partial charge in [-0.1, -0.05) is 0 Å². The predicted octanol–water partition coefficient (Wildman–Crippen LogP) is 1.16. The summed E-state index contributed by atoms with van der Waals surface area (Å²) in [5, 5.41) is 11.9. The van der Waals surface area contributed by atoms with Gasteiger partial charge in [-0.15, -0.1) is 0 Å². The molecule has 0 aliphatic carbocycles. The molecule has 0 aromatic heterocycles. The van der Waals surface area contributed by atoms with Gasteiger partial charge in [0.1, 0.15) is 5.82 Å². The number of carbonyl (C=O) groups excluding carboxylic acids is 1. The molecule has 104 valence electrons.